The van der Waals surface area contributed by atoms with Gasteiger partial charge in [-0.25, -0.2) is 0 Å². The standard InChI is InChI=1S/C12H13NO2/c14-11-8-6-10(7-9-11)13-15-12-4-2-1-3-5-12/h1-5H,6-9H2. The molecule has 3 heteroatoms. The van der Waals surface area contributed by atoms with Crippen LogP contribution < -0.4 is 4.84 Å². The lowest BCUT2D eigenvalue weighted by atomic mass is 9.98. The fourth-order valence-electron chi connectivity index (χ4n) is 1.51. The molecule has 1 aromatic rings. The molecule has 15 heavy (non-hydrogen) atoms. The van der Waals surface area contributed by atoms with Gasteiger partial charge in [0.25, 0.3) is 0 Å². The van der Waals surface area contributed by atoms with E-state index in [9.17, 15) is 4.79 Å². The van der Waals surface area contributed by atoms with Crippen molar-refractivity contribution < 1.29 is 9.63 Å². The van der Waals surface area contributed by atoms with E-state index in [0.717, 1.165) is 24.3 Å². The molecule has 0 N–H and O–H groups in total. The smallest absolute Gasteiger partial charge is 0.157 e. The molecule has 0 aromatic heterocycles. The summed E-state index contributed by atoms with van der Waals surface area (Å²) in [6.07, 6.45) is 2.70. The zero-order valence-electron chi connectivity index (χ0n) is 8.48. The summed E-state index contributed by atoms with van der Waals surface area (Å²) in [5.74, 6) is 1.07. The first-order valence-corrected chi connectivity index (χ1v) is 5.14. The Morgan fingerprint density at radius 1 is 1.00 bits per heavy atom. The molecule has 0 atom stereocenters. The maximum absolute atomic E-state index is 11.0. The first kappa shape index (κ1) is 9.90. The Morgan fingerprint density at radius 3 is 2.33 bits per heavy atom. The average molecular weight is 203 g/mol. The summed E-state index contributed by atoms with van der Waals surface area (Å²) in [4.78, 5) is 16.2. The van der Waals surface area contributed by atoms with Crippen LogP contribution in [0.15, 0.2) is 35.5 Å². The summed E-state index contributed by atoms with van der Waals surface area (Å²) in [6, 6.07) is 9.45. The third kappa shape index (κ3) is 2.91. The number of nitrogens with zero attached hydrogens (tertiary/aromatic N) is 1. The molecule has 1 aromatic carbocycles. The van der Waals surface area contributed by atoms with Crippen LogP contribution in [-0.4, -0.2) is 11.5 Å². The Labute approximate surface area is 88.7 Å². The Kier molecular flexibility index (Phi) is 3.12. The van der Waals surface area contributed by atoms with Crippen molar-refractivity contribution in [2.75, 3.05) is 0 Å². The molecule has 1 aliphatic carbocycles. The lowest BCUT2D eigenvalue weighted by Crippen LogP contribution is -2.13. The van der Waals surface area contributed by atoms with Gasteiger partial charge < -0.3 is 4.84 Å². The van der Waals surface area contributed by atoms with Gasteiger partial charge in [-0.1, -0.05) is 23.4 Å². The van der Waals surface area contributed by atoms with E-state index >= 15 is 0 Å². The van der Waals surface area contributed by atoms with E-state index in [-0.39, 0.29) is 0 Å². The highest BCUT2D eigenvalue weighted by Gasteiger charge is 2.14. The number of hydrogen-bond donors (Lipinski definition) is 0. The largest absolute Gasteiger partial charge is 0.357 e. The first-order chi connectivity index (χ1) is 7.34. The number of carbonyl (C=O) groups excluding carboxylic acids is 1. The number of carbonyl (C=O) groups is 1. The van der Waals surface area contributed by atoms with Gasteiger partial charge in [-0.15, -0.1) is 0 Å². The van der Waals surface area contributed by atoms with Crippen LogP contribution in [0.2, 0.25) is 0 Å². The van der Waals surface area contributed by atoms with Crippen LogP contribution in [0.25, 0.3) is 0 Å². The van der Waals surface area contributed by atoms with Gasteiger partial charge in [-0.05, 0) is 25.0 Å². The predicted molar refractivity (Wildman–Crippen MR) is 58.0 cm³/mol. The zero-order valence-corrected chi connectivity index (χ0v) is 8.48. The summed E-state index contributed by atoms with van der Waals surface area (Å²) in [5, 5.41) is 4.05. The normalized spacial score (nSPS) is 16.3. The van der Waals surface area contributed by atoms with E-state index < -0.39 is 0 Å². The molecule has 0 radical (unpaired) electrons. The number of hydrogen-bond acceptors (Lipinski definition) is 3. The van der Waals surface area contributed by atoms with Crippen molar-refractivity contribution in [1.29, 1.82) is 0 Å². The van der Waals surface area contributed by atoms with E-state index in [1.54, 1.807) is 0 Å². The highest BCUT2D eigenvalue weighted by atomic mass is 16.6. The number of oxime groups is 1. The van der Waals surface area contributed by atoms with Crippen molar-refractivity contribution in [3.05, 3.63) is 30.3 Å². The van der Waals surface area contributed by atoms with Crippen LogP contribution >= 0.6 is 0 Å². The van der Waals surface area contributed by atoms with Crippen LogP contribution in [0.4, 0.5) is 0 Å². The lowest BCUT2D eigenvalue weighted by molar-refractivity contribution is -0.119. The van der Waals surface area contributed by atoms with E-state index in [0.29, 0.717) is 18.6 Å². The van der Waals surface area contributed by atoms with Crippen molar-refractivity contribution in [2.24, 2.45) is 5.16 Å². The van der Waals surface area contributed by atoms with Crippen LogP contribution in [-0.2, 0) is 4.79 Å². The van der Waals surface area contributed by atoms with E-state index in [2.05, 4.69) is 5.16 Å². The van der Waals surface area contributed by atoms with Gasteiger partial charge >= 0.3 is 0 Å². The number of para-hydroxylation sites is 1. The molecule has 1 aliphatic rings. The lowest BCUT2D eigenvalue weighted by Gasteiger charge is -2.10. The summed E-state index contributed by atoms with van der Waals surface area (Å²) in [7, 11) is 0. The van der Waals surface area contributed by atoms with E-state index in [1.165, 1.54) is 0 Å². The average Bonchev–Trinajstić information content (AvgIpc) is 2.30. The van der Waals surface area contributed by atoms with E-state index in [4.69, 9.17) is 4.84 Å². The van der Waals surface area contributed by atoms with Gasteiger partial charge in [-0.2, -0.15) is 0 Å². The summed E-state index contributed by atoms with van der Waals surface area (Å²) < 4.78 is 0. The summed E-state index contributed by atoms with van der Waals surface area (Å²) in [6.45, 7) is 0. The van der Waals surface area contributed by atoms with E-state index in [1.807, 2.05) is 30.3 Å². The van der Waals surface area contributed by atoms with Crippen molar-refractivity contribution >= 4 is 11.5 Å². The monoisotopic (exact) mass is 203 g/mol. The minimum Gasteiger partial charge on any atom is -0.357 e. The van der Waals surface area contributed by atoms with Crippen LogP contribution in [0.1, 0.15) is 25.7 Å². The molecular weight excluding hydrogens is 190 g/mol. The highest BCUT2D eigenvalue weighted by Crippen LogP contribution is 2.14. The minimum absolute atomic E-state index is 0.327. The van der Waals surface area contributed by atoms with Crippen LogP contribution in [0.5, 0.6) is 5.75 Å². The molecule has 0 spiro atoms. The van der Waals surface area contributed by atoms with Gasteiger partial charge in [0.1, 0.15) is 5.78 Å². The van der Waals surface area contributed by atoms with Crippen LogP contribution in [0, 0.1) is 0 Å². The molecule has 1 fully saturated rings. The maximum Gasteiger partial charge on any atom is 0.157 e. The fourth-order valence-corrected chi connectivity index (χ4v) is 1.51. The number of benzene rings is 1. The van der Waals surface area contributed by atoms with Crippen molar-refractivity contribution in [3.8, 4) is 5.75 Å². The number of rotatable bonds is 2. The molecule has 3 nitrogen and oxygen atoms in total. The summed E-state index contributed by atoms with van der Waals surface area (Å²) in [5.41, 5.74) is 0.985. The van der Waals surface area contributed by atoms with Gasteiger partial charge in [-0.3, -0.25) is 4.79 Å². The molecule has 0 saturated heterocycles. The molecule has 78 valence electrons. The van der Waals surface area contributed by atoms with Crippen molar-refractivity contribution in [2.45, 2.75) is 25.7 Å². The fraction of sp³-hybridized carbons (Fsp3) is 0.333. The van der Waals surface area contributed by atoms with Gasteiger partial charge in [0.15, 0.2) is 5.75 Å². The van der Waals surface area contributed by atoms with Gasteiger partial charge in [0.05, 0.1) is 5.71 Å². The second kappa shape index (κ2) is 4.73. The Bertz CT molecular complexity index is 358. The minimum atomic E-state index is 0.327. The Hall–Kier alpha value is -1.64. The van der Waals surface area contributed by atoms with Gasteiger partial charge in [0, 0.05) is 12.8 Å². The molecule has 0 bridgehead atoms. The molecule has 0 heterocycles. The van der Waals surface area contributed by atoms with Gasteiger partial charge in [0.2, 0.25) is 0 Å². The Balaban J connectivity index is 1.92. The first-order valence-electron chi connectivity index (χ1n) is 5.14. The SMILES string of the molecule is O=C1CCC(=NOc2ccccc2)CC1. The Morgan fingerprint density at radius 2 is 1.67 bits per heavy atom. The highest BCUT2D eigenvalue weighted by molar-refractivity contribution is 5.95. The topological polar surface area (TPSA) is 38.7 Å². The predicted octanol–water partition coefficient (Wildman–Crippen LogP) is 2.56. The molecule has 2 rings (SSSR count). The second-order valence-electron chi connectivity index (χ2n) is 3.60. The van der Waals surface area contributed by atoms with Crippen LogP contribution in [0.3, 0.4) is 0 Å². The molecule has 0 amide bonds. The molecule has 0 aliphatic heterocycles. The molecular formula is C12H13NO2. The van der Waals surface area contributed by atoms with Crippen molar-refractivity contribution in [3.63, 3.8) is 0 Å². The zero-order chi connectivity index (χ0) is 10.5. The summed E-state index contributed by atoms with van der Waals surface area (Å²) >= 11 is 0. The number of ketones is 1. The maximum atomic E-state index is 11.0. The third-order valence-corrected chi connectivity index (χ3v) is 2.41. The molecule has 0 unspecified atom stereocenters. The molecule has 1 saturated carbocycles. The third-order valence-electron chi connectivity index (χ3n) is 2.41. The number of Topliss-reactive ketones (excluding diaryl/α,β-unsaturated/α-hetero) is 1. The van der Waals surface area contributed by atoms with Crippen molar-refractivity contribution in [1.82, 2.24) is 0 Å². The quantitative estimate of drug-likeness (QED) is 0.693. The second-order valence-corrected chi connectivity index (χ2v) is 3.60.